The Bertz CT molecular complexity index is 1420. The molecule has 1 fully saturated rings. The summed E-state index contributed by atoms with van der Waals surface area (Å²) in [5.74, 6) is 0.130. The van der Waals surface area contributed by atoms with Gasteiger partial charge in [0.1, 0.15) is 5.75 Å². The van der Waals surface area contributed by atoms with E-state index >= 15 is 0 Å². The Morgan fingerprint density at radius 1 is 1.00 bits per heavy atom. The number of aromatic nitrogens is 1. The fraction of sp³-hybridized carbons (Fsp3) is 0.357. The van der Waals surface area contributed by atoms with Crippen molar-refractivity contribution in [2.24, 2.45) is 5.73 Å². The van der Waals surface area contributed by atoms with Crippen LogP contribution in [0.15, 0.2) is 64.8 Å². The van der Waals surface area contributed by atoms with Gasteiger partial charge in [-0.2, -0.15) is 0 Å². The number of pyridine rings is 1. The Kier molecular flexibility index (Phi) is 8.03. The second kappa shape index (κ2) is 11.8. The number of ether oxygens (including phenoxy) is 2. The van der Waals surface area contributed by atoms with E-state index in [0.717, 1.165) is 51.0 Å². The maximum absolute atomic E-state index is 12.3. The minimum absolute atomic E-state index is 0.175. The van der Waals surface area contributed by atoms with Crippen molar-refractivity contribution in [3.05, 3.63) is 70.3 Å². The molecule has 3 heterocycles. The molecule has 0 atom stereocenters. The number of carbonyl (C=O) groups is 1. The van der Waals surface area contributed by atoms with Crippen LogP contribution in [0, 0.1) is 0 Å². The van der Waals surface area contributed by atoms with Crippen molar-refractivity contribution in [3.8, 4) is 5.75 Å². The third-order valence-electron chi connectivity index (χ3n) is 6.81. The Labute approximate surface area is 219 Å². The number of unbranched alkanes of at least 4 members (excludes halogenated alkanes) is 1. The molecule has 0 radical (unpaired) electrons. The predicted octanol–water partition coefficient (Wildman–Crippen LogP) is 3.66. The molecule has 1 aliphatic heterocycles. The summed E-state index contributed by atoms with van der Waals surface area (Å²) in [6, 6.07) is 17.7. The van der Waals surface area contributed by atoms with Gasteiger partial charge in [-0.25, -0.2) is 0 Å². The summed E-state index contributed by atoms with van der Waals surface area (Å²) in [4.78, 5) is 28.8. The van der Waals surface area contributed by atoms with Gasteiger partial charge in [-0.05, 0) is 66.6 Å². The Hall–Kier alpha value is -3.40. The molecule has 1 saturated heterocycles. The van der Waals surface area contributed by atoms with Crippen LogP contribution < -0.4 is 20.9 Å². The van der Waals surface area contributed by atoms with Gasteiger partial charge >= 0.3 is 5.97 Å². The zero-order valence-electron chi connectivity index (χ0n) is 20.8. The topological polar surface area (TPSA) is 90.0 Å². The highest BCUT2D eigenvalue weighted by Crippen LogP contribution is 2.31. The third kappa shape index (κ3) is 5.95. The van der Waals surface area contributed by atoms with E-state index < -0.39 is 5.97 Å². The van der Waals surface area contributed by atoms with E-state index in [1.54, 1.807) is 17.4 Å². The van der Waals surface area contributed by atoms with Crippen LogP contribution in [0.2, 0.25) is 0 Å². The van der Waals surface area contributed by atoms with Crippen LogP contribution in [0.1, 0.15) is 12.8 Å². The lowest BCUT2D eigenvalue weighted by Gasteiger charge is -2.36. The Morgan fingerprint density at radius 2 is 1.84 bits per heavy atom. The van der Waals surface area contributed by atoms with Crippen molar-refractivity contribution in [3.63, 3.8) is 0 Å². The number of fused-ring (bicyclic) bond motifs is 2. The first-order valence-electron chi connectivity index (χ1n) is 12.7. The first-order chi connectivity index (χ1) is 18.1. The number of anilines is 1. The highest BCUT2D eigenvalue weighted by Gasteiger charge is 2.18. The highest BCUT2D eigenvalue weighted by molar-refractivity contribution is 7.17. The van der Waals surface area contributed by atoms with Gasteiger partial charge in [0, 0.05) is 54.1 Å². The molecule has 0 spiro atoms. The van der Waals surface area contributed by atoms with Crippen LogP contribution in [0.4, 0.5) is 5.69 Å². The van der Waals surface area contributed by atoms with Gasteiger partial charge in [-0.1, -0.05) is 6.07 Å². The average molecular weight is 521 g/mol. The number of benzene rings is 2. The van der Waals surface area contributed by atoms with Crippen LogP contribution in [0.3, 0.4) is 0 Å². The molecule has 0 unspecified atom stereocenters. The molecule has 0 amide bonds. The van der Waals surface area contributed by atoms with E-state index in [0.29, 0.717) is 17.9 Å². The van der Waals surface area contributed by atoms with Crippen molar-refractivity contribution in [1.82, 2.24) is 9.47 Å². The molecule has 0 aliphatic carbocycles. The standard InChI is InChI=1S/C28H32N4O4S/c29-19-28(34)36-20-32-25-18-22(8-6-21(25)7-9-27(32)33)35-16-2-1-11-30-12-14-31(15-13-30)24-4-3-5-26-23(24)10-17-37-26/h3-10,17-18H,1-2,11-16,19-20,29H2. The van der Waals surface area contributed by atoms with E-state index in [1.807, 2.05) is 18.2 Å². The van der Waals surface area contributed by atoms with Crippen LogP contribution in [0.25, 0.3) is 21.0 Å². The second-order valence-corrected chi connectivity index (χ2v) is 10.1. The number of nitrogens with two attached hydrogens (primary N) is 1. The molecular formula is C28H32N4O4S. The lowest BCUT2D eigenvalue weighted by Crippen LogP contribution is -2.46. The van der Waals surface area contributed by atoms with Gasteiger partial charge in [0.25, 0.3) is 5.56 Å². The molecule has 37 heavy (non-hydrogen) atoms. The van der Waals surface area contributed by atoms with Crippen LogP contribution in [0.5, 0.6) is 5.75 Å². The molecule has 8 nitrogen and oxygen atoms in total. The minimum Gasteiger partial charge on any atom is -0.494 e. The number of esters is 1. The molecule has 5 rings (SSSR count). The SMILES string of the molecule is NCC(=O)OCn1c(=O)ccc2ccc(OCCCCN3CCN(c4cccc5sccc45)CC3)cc21. The van der Waals surface area contributed by atoms with Gasteiger partial charge in [0.2, 0.25) is 0 Å². The summed E-state index contributed by atoms with van der Waals surface area (Å²) in [6.45, 7) is 5.49. The molecule has 9 heteroatoms. The molecule has 1 aliphatic rings. The number of piperazine rings is 1. The summed E-state index contributed by atoms with van der Waals surface area (Å²) in [6.07, 6.45) is 2.01. The normalized spacial score (nSPS) is 14.4. The van der Waals surface area contributed by atoms with Crippen molar-refractivity contribution in [2.75, 3.05) is 50.8 Å². The molecule has 2 aromatic heterocycles. The molecule has 4 aromatic rings. The lowest BCUT2D eigenvalue weighted by molar-refractivity contribution is -0.145. The van der Waals surface area contributed by atoms with Crippen molar-refractivity contribution >= 4 is 44.0 Å². The lowest BCUT2D eigenvalue weighted by atomic mass is 10.2. The zero-order chi connectivity index (χ0) is 25.6. The minimum atomic E-state index is -0.558. The summed E-state index contributed by atoms with van der Waals surface area (Å²) >= 11 is 1.80. The number of carbonyl (C=O) groups excluding carboxylic acids is 1. The maximum Gasteiger partial charge on any atom is 0.321 e. The van der Waals surface area contributed by atoms with Gasteiger partial charge in [-0.15, -0.1) is 11.3 Å². The number of rotatable bonds is 10. The van der Waals surface area contributed by atoms with E-state index in [9.17, 15) is 9.59 Å². The molecule has 2 aromatic carbocycles. The first-order valence-corrected chi connectivity index (χ1v) is 13.6. The quantitative estimate of drug-likeness (QED) is 0.252. The number of hydrogen-bond donors (Lipinski definition) is 1. The highest BCUT2D eigenvalue weighted by atomic mass is 32.1. The van der Waals surface area contributed by atoms with Crippen LogP contribution in [-0.2, 0) is 16.3 Å². The number of hydrogen-bond acceptors (Lipinski definition) is 8. The smallest absolute Gasteiger partial charge is 0.321 e. The van der Waals surface area contributed by atoms with Crippen molar-refractivity contribution in [1.29, 1.82) is 0 Å². The fourth-order valence-electron chi connectivity index (χ4n) is 4.78. The average Bonchev–Trinajstić information content (AvgIpc) is 3.42. The molecule has 194 valence electrons. The van der Waals surface area contributed by atoms with E-state index in [1.165, 1.54) is 26.4 Å². The summed E-state index contributed by atoms with van der Waals surface area (Å²) in [5.41, 5.74) is 7.06. The van der Waals surface area contributed by atoms with Crippen LogP contribution in [-0.4, -0.2) is 61.3 Å². The van der Waals surface area contributed by atoms with E-state index in [4.69, 9.17) is 15.2 Å². The van der Waals surface area contributed by atoms with Crippen molar-refractivity contribution < 1.29 is 14.3 Å². The van der Waals surface area contributed by atoms with Gasteiger partial charge < -0.3 is 20.1 Å². The molecular weight excluding hydrogens is 488 g/mol. The Balaban J connectivity index is 1.08. The summed E-state index contributed by atoms with van der Waals surface area (Å²) in [5, 5.41) is 4.40. The number of nitrogens with zero attached hydrogens (tertiary/aromatic N) is 3. The zero-order valence-corrected chi connectivity index (χ0v) is 21.6. The third-order valence-corrected chi connectivity index (χ3v) is 7.69. The fourth-order valence-corrected chi connectivity index (χ4v) is 5.59. The monoisotopic (exact) mass is 520 g/mol. The Morgan fingerprint density at radius 3 is 2.68 bits per heavy atom. The van der Waals surface area contributed by atoms with Gasteiger partial charge in [0.05, 0.1) is 18.7 Å². The van der Waals surface area contributed by atoms with Crippen molar-refractivity contribution in [2.45, 2.75) is 19.6 Å². The summed E-state index contributed by atoms with van der Waals surface area (Å²) < 4.78 is 13.8. The van der Waals surface area contributed by atoms with E-state index in [2.05, 4.69) is 39.4 Å². The first kappa shape index (κ1) is 25.3. The van der Waals surface area contributed by atoms with E-state index in [-0.39, 0.29) is 18.8 Å². The van der Waals surface area contributed by atoms with Gasteiger partial charge in [-0.3, -0.25) is 19.1 Å². The second-order valence-electron chi connectivity index (χ2n) is 9.16. The summed E-state index contributed by atoms with van der Waals surface area (Å²) in [7, 11) is 0. The van der Waals surface area contributed by atoms with Crippen LogP contribution >= 0.6 is 11.3 Å². The molecule has 2 N–H and O–H groups in total. The number of thiophene rings is 1. The molecule has 0 saturated carbocycles. The van der Waals surface area contributed by atoms with Gasteiger partial charge in [0.15, 0.2) is 6.73 Å². The predicted molar refractivity (Wildman–Crippen MR) is 149 cm³/mol. The molecule has 0 bridgehead atoms. The largest absolute Gasteiger partial charge is 0.494 e. The maximum atomic E-state index is 12.3.